The van der Waals surface area contributed by atoms with Crippen LogP contribution in [0, 0.1) is 0 Å². The Morgan fingerprint density at radius 1 is 1.00 bits per heavy atom. The van der Waals surface area contributed by atoms with E-state index >= 15 is 0 Å². The summed E-state index contributed by atoms with van der Waals surface area (Å²) in [7, 11) is 0. The van der Waals surface area contributed by atoms with Crippen LogP contribution in [0.2, 0.25) is 0 Å². The molecule has 2 aromatic carbocycles. The van der Waals surface area contributed by atoms with Crippen molar-refractivity contribution >= 4 is 11.9 Å². The zero-order valence-electron chi connectivity index (χ0n) is 13.7. The molecular weight excluding hydrogens is 306 g/mol. The van der Waals surface area contributed by atoms with Gasteiger partial charge in [-0.3, -0.25) is 4.79 Å². The van der Waals surface area contributed by atoms with Crippen molar-refractivity contribution in [3.8, 4) is 5.75 Å². The topological polar surface area (TPSA) is 64.6 Å². The number of hydrogen-bond donors (Lipinski definition) is 1. The van der Waals surface area contributed by atoms with Gasteiger partial charge in [-0.25, -0.2) is 4.79 Å². The third-order valence-electron chi connectivity index (χ3n) is 3.32. The van der Waals surface area contributed by atoms with Crippen LogP contribution in [0.1, 0.15) is 22.8 Å². The third kappa shape index (κ3) is 5.76. The lowest BCUT2D eigenvalue weighted by atomic mass is 10.1. The van der Waals surface area contributed by atoms with Crippen molar-refractivity contribution < 1.29 is 19.1 Å². The number of carbonyl (C=O) groups is 2. The molecule has 0 bridgehead atoms. The molecule has 0 fully saturated rings. The largest absolute Gasteiger partial charge is 0.482 e. The van der Waals surface area contributed by atoms with E-state index in [0.717, 1.165) is 6.42 Å². The molecule has 5 nitrogen and oxygen atoms in total. The Kier molecular flexibility index (Phi) is 6.83. The molecule has 0 aliphatic rings. The summed E-state index contributed by atoms with van der Waals surface area (Å²) in [5.41, 5.74) is 1.73. The average Bonchev–Trinajstić information content (AvgIpc) is 2.61. The average molecular weight is 327 g/mol. The van der Waals surface area contributed by atoms with Gasteiger partial charge in [0.2, 0.25) is 0 Å². The molecule has 1 amide bonds. The molecule has 0 atom stereocenters. The highest BCUT2D eigenvalue weighted by atomic mass is 16.6. The summed E-state index contributed by atoms with van der Waals surface area (Å²) in [6.07, 6.45) is 0.785. The highest BCUT2D eigenvalue weighted by molar-refractivity contribution is 5.94. The van der Waals surface area contributed by atoms with Gasteiger partial charge in [0, 0.05) is 12.1 Å². The monoisotopic (exact) mass is 327 g/mol. The predicted molar refractivity (Wildman–Crippen MR) is 91.0 cm³/mol. The molecule has 24 heavy (non-hydrogen) atoms. The van der Waals surface area contributed by atoms with Gasteiger partial charge in [-0.05, 0) is 43.2 Å². The Morgan fingerprint density at radius 3 is 2.38 bits per heavy atom. The quantitative estimate of drug-likeness (QED) is 0.757. The molecule has 0 radical (unpaired) electrons. The SMILES string of the molecule is CCOC(=O)COc1ccc(C(=O)NCCc2ccccc2)cc1. The molecule has 0 aliphatic heterocycles. The second kappa shape index (κ2) is 9.35. The molecule has 126 valence electrons. The van der Waals surface area contributed by atoms with Crippen LogP contribution in [0.3, 0.4) is 0 Å². The van der Waals surface area contributed by atoms with Crippen LogP contribution in [-0.2, 0) is 16.0 Å². The fourth-order valence-corrected chi connectivity index (χ4v) is 2.11. The first kappa shape index (κ1) is 17.5. The van der Waals surface area contributed by atoms with E-state index in [1.54, 1.807) is 31.2 Å². The van der Waals surface area contributed by atoms with Crippen LogP contribution in [0.4, 0.5) is 0 Å². The number of nitrogens with one attached hydrogen (secondary N) is 1. The maximum Gasteiger partial charge on any atom is 0.344 e. The highest BCUT2D eigenvalue weighted by Crippen LogP contribution is 2.12. The molecule has 0 aliphatic carbocycles. The van der Waals surface area contributed by atoms with Crippen molar-refractivity contribution in [3.63, 3.8) is 0 Å². The minimum atomic E-state index is -0.416. The van der Waals surface area contributed by atoms with E-state index in [4.69, 9.17) is 9.47 Å². The third-order valence-corrected chi connectivity index (χ3v) is 3.32. The van der Waals surface area contributed by atoms with E-state index in [0.29, 0.717) is 24.5 Å². The second-order valence-corrected chi connectivity index (χ2v) is 5.11. The first-order valence-corrected chi connectivity index (χ1v) is 7.89. The zero-order valence-corrected chi connectivity index (χ0v) is 13.7. The summed E-state index contributed by atoms with van der Waals surface area (Å²) in [6.45, 7) is 2.49. The van der Waals surface area contributed by atoms with Crippen LogP contribution < -0.4 is 10.1 Å². The number of rotatable bonds is 8. The van der Waals surface area contributed by atoms with Crippen molar-refractivity contribution in [1.82, 2.24) is 5.32 Å². The van der Waals surface area contributed by atoms with E-state index in [1.807, 2.05) is 30.3 Å². The maximum absolute atomic E-state index is 12.1. The van der Waals surface area contributed by atoms with Crippen LogP contribution in [0.5, 0.6) is 5.75 Å². The van der Waals surface area contributed by atoms with Crippen LogP contribution in [-0.4, -0.2) is 31.6 Å². The first-order chi connectivity index (χ1) is 11.7. The van der Waals surface area contributed by atoms with Crippen molar-refractivity contribution in [2.45, 2.75) is 13.3 Å². The van der Waals surface area contributed by atoms with Gasteiger partial charge >= 0.3 is 5.97 Å². The summed E-state index contributed by atoms with van der Waals surface area (Å²) in [5.74, 6) is -0.0352. The second-order valence-electron chi connectivity index (χ2n) is 5.11. The van der Waals surface area contributed by atoms with Gasteiger partial charge in [0.05, 0.1) is 6.61 Å². The molecule has 0 aromatic heterocycles. The predicted octanol–water partition coefficient (Wildman–Crippen LogP) is 2.60. The Bertz CT molecular complexity index is 653. The van der Waals surface area contributed by atoms with E-state index in [-0.39, 0.29) is 12.5 Å². The number of benzene rings is 2. The van der Waals surface area contributed by atoms with Gasteiger partial charge in [0.25, 0.3) is 5.91 Å². The molecule has 0 unspecified atom stereocenters. The standard InChI is InChI=1S/C19H21NO4/c1-2-23-18(21)14-24-17-10-8-16(9-11-17)19(22)20-13-12-15-6-4-3-5-7-15/h3-11H,2,12-14H2,1H3,(H,20,22). The molecule has 0 heterocycles. The fourth-order valence-electron chi connectivity index (χ4n) is 2.11. The maximum atomic E-state index is 12.1. The van der Waals surface area contributed by atoms with Crippen LogP contribution in [0.25, 0.3) is 0 Å². The lowest BCUT2D eigenvalue weighted by Crippen LogP contribution is -2.25. The normalized spacial score (nSPS) is 10.0. The van der Waals surface area contributed by atoms with Crippen molar-refractivity contribution in [3.05, 3.63) is 65.7 Å². The molecule has 1 N–H and O–H groups in total. The van der Waals surface area contributed by atoms with Gasteiger partial charge in [-0.2, -0.15) is 0 Å². The smallest absolute Gasteiger partial charge is 0.344 e. The van der Waals surface area contributed by atoms with Crippen molar-refractivity contribution in [2.75, 3.05) is 19.8 Å². The van der Waals surface area contributed by atoms with Crippen LogP contribution >= 0.6 is 0 Å². The molecule has 0 saturated carbocycles. The van der Waals surface area contributed by atoms with Gasteiger partial charge in [0.15, 0.2) is 6.61 Å². The number of hydrogen-bond acceptors (Lipinski definition) is 4. The minimum Gasteiger partial charge on any atom is -0.482 e. The van der Waals surface area contributed by atoms with E-state index in [1.165, 1.54) is 5.56 Å². The van der Waals surface area contributed by atoms with E-state index in [2.05, 4.69) is 5.32 Å². The zero-order chi connectivity index (χ0) is 17.2. The Balaban J connectivity index is 1.77. The number of ether oxygens (including phenoxy) is 2. The molecule has 2 aromatic rings. The minimum absolute atomic E-state index is 0.136. The summed E-state index contributed by atoms with van der Waals surface area (Å²) >= 11 is 0. The highest BCUT2D eigenvalue weighted by Gasteiger charge is 2.07. The lowest BCUT2D eigenvalue weighted by Gasteiger charge is -2.08. The molecule has 2 rings (SSSR count). The molecule has 0 spiro atoms. The van der Waals surface area contributed by atoms with Gasteiger partial charge in [0.1, 0.15) is 5.75 Å². The Labute approximate surface area is 141 Å². The van der Waals surface area contributed by atoms with Crippen molar-refractivity contribution in [1.29, 1.82) is 0 Å². The Hall–Kier alpha value is -2.82. The van der Waals surface area contributed by atoms with Crippen molar-refractivity contribution in [2.24, 2.45) is 0 Å². The van der Waals surface area contributed by atoms with Gasteiger partial charge < -0.3 is 14.8 Å². The number of carbonyl (C=O) groups excluding carboxylic acids is 2. The van der Waals surface area contributed by atoms with Gasteiger partial charge in [-0.15, -0.1) is 0 Å². The molecule has 0 saturated heterocycles. The summed E-state index contributed by atoms with van der Waals surface area (Å²) in [6, 6.07) is 16.6. The lowest BCUT2D eigenvalue weighted by molar-refractivity contribution is -0.145. The summed E-state index contributed by atoms with van der Waals surface area (Å²) in [4.78, 5) is 23.3. The van der Waals surface area contributed by atoms with Crippen LogP contribution in [0.15, 0.2) is 54.6 Å². The number of esters is 1. The fraction of sp³-hybridized carbons (Fsp3) is 0.263. The van der Waals surface area contributed by atoms with E-state index < -0.39 is 5.97 Å². The Morgan fingerprint density at radius 2 is 1.71 bits per heavy atom. The van der Waals surface area contributed by atoms with Gasteiger partial charge in [-0.1, -0.05) is 30.3 Å². The molecule has 5 heteroatoms. The summed E-state index contributed by atoms with van der Waals surface area (Å²) < 4.78 is 10.1. The number of amides is 1. The summed E-state index contributed by atoms with van der Waals surface area (Å²) in [5, 5.41) is 2.88. The van der Waals surface area contributed by atoms with E-state index in [9.17, 15) is 9.59 Å². The molecular formula is C19H21NO4. The first-order valence-electron chi connectivity index (χ1n) is 7.89.